The number of hydrogen-bond donors (Lipinski definition) is 1. The van der Waals surface area contributed by atoms with E-state index < -0.39 is 0 Å². The summed E-state index contributed by atoms with van der Waals surface area (Å²) >= 11 is 18.8. The fourth-order valence-electron chi connectivity index (χ4n) is 3.06. The summed E-state index contributed by atoms with van der Waals surface area (Å²) in [6, 6.07) is 6.89. The molecule has 0 aliphatic rings. The Hall–Kier alpha value is -2.41. The molecule has 1 aromatic carbocycles. The lowest BCUT2D eigenvalue weighted by Gasteiger charge is -2.09. The highest BCUT2D eigenvalue weighted by atomic mass is 35.5. The average molecular weight is 435 g/mol. The second-order valence-electron chi connectivity index (χ2n) is 6.17. The Balaban J connectivity index is 1.96. The molecule has 142 valence electrons. The van der Waals surface area contributed by atoms with Crippen LogP contribution in [-0.4, -0.2) is 24.7 Å². The van der Waals surface area contributed by atoms with E-state index in [1.54, 1.807) is 24.5 Å². The van der Waals surface area contributed by atoms with Crippen molar-refractivity contribution in [2.75, 3.05) is 0 Å². The van der Waals surface area contributed by atoms with Crippen LogP contribution in [0.15, 0.2) is 41.5 Å². The van der Waals surface area contributed by atoms with Crippen LogP contribution in [0.1, 0.15) is 24.0 Å². The predicted molar refractivity (Wildman–Crippen MR) is 111 cm³/mol. The van der Waals surface area contributed by atoms with Crippen LogP contribution in [0.3, 0.4) is 0 Å². The molecule has 0 atom stereocenters. The zero-order valence-corrected chi connectivity index (χ0v) is 17.0. The van der Waals surface area contributed by atoms with Gasteiger partial charge in [-0.05, 0) is 36.2 Å². The number of nitrogens with one attached hydrogen (secondary N) is 1. The first-order valence-corrected chi connectivity index (χ1v) is 9.66. The number of rotatable bonds is 4. The molecule has 28 heavy (non-hydrogen) atoms. The molecule has 0 unspecified atom stereocenters. The van der Waals surface area contributed by atoms with Gasteiger partial charge in [0.1, 0.15) is 16.9 Å². The lowest BCUT2D eigenvalue weighted by atomic mass is 10.2. The Morgan fingerprint density at radius 3 is 2.43 bits per heavy atom. The van der Waals surface area contributed by atoms with E-state index in [0.717, 1.165) is 5.56 Å². The molecule has 0 saturated carbocycles. The lowest BCUT2D eigenvalue weighted by Crippen LogP contribution is -2.13. The molecule has 0 aliphatic carbocycles. The summed E-state index contributed by atoms with van der Waals surface area (Å²) < 4.78 is 1.51. The van der Waals surface area contributed by atoms with Gasteiger partial charge in [-0.3, -0.25) is 9.78 Å². The van der Waals surface area contributed by atoms with Gasteiger partial charge in [0.05, 0.1) is 15.7 Å². The molecular weight excluding hydrogens is 421 g/mol. The summed E-state index contributed by atoms with van der Waals surface area (Å²) in [4.78, 5) is 24.3. The van der Waals surface area contributed by atoms with Gasteiger partial charge in [-0.2, -0.15) is 5.10 Å². The molecule has 3 heterocycles. The van der Waals surface area contributed by atoms with Crippen molar-refractivity contribution in [1.82, 2.24) is 24.7 Å². The van der Waals surface area contributed by atoms with Crippen LogP contribution < -0.4 is 5.56 Å². The van der Waals surface area contributed by atoms with Crippen molar-refractivity contribution in [1.29, 1.82) is 0 Å². The third-order valence-electron chi connectivity index (χ3n) is 4.31. The van der Waals surface area contributed by atoms with Crippen molar-refractivity contribution in [3.63, 3.8) is 0 Å². The monoisotopic (exact) mass is 433 g/mol. The quantitative estimate of drug-likeness (QED) is 0.508. The Morgan fingerprint density at radius 2 is 1.79 bits per heavy atom. The summed E-state index contributed by atoms with van der Waals surface area (Å²) in [5, 5.41) is 6.03. The zero-order valence-electron chi connectivity index (χ0n) is 14.7. The van der Waals surface area contributed by atoms with Gasteiger partial charge in [-0.25, -0.2) is 9.67 Å². The highest BCUT2D eigenvalue weighted by Gasteiger charge is 2.20. The Labute approximate surface area is 175 Å². The van der Waals surface area contributed by atoms with Gasteiger partial charge in [0, 0.05) is 23.8 Å². The Bertz CT molecular complexity index is 1210. The zero-order chi connectivity index (χ0) is 19.8. The number of benzene rings is 1. The van der Waals surface area contributed by atoms with Crippen molar-refractivity contribution in [2.24, 2.45) is 0 Å². The molecule has 0 bridgehead atoms. The standard InChI is InChI=1S/C19H14Cl3N5O/c1-2-14-16-18(27(26-14)17-12(21)8-11(20)9-13(17)22)24-15(25-19(16)28)7-10-3-5-23-6-4-10/h3-6,8-9H,2,7H2,1H3,(H,24,25,28). The number of hydrogen-bond acceptors (Lipinski definition) is 4. The highest BCUT2D eigenvalue weighted by Crippen LogP contribution is 2.33. The molecule has 6 nitrogen and oxygen atoms in total. The molecule has 0 aliphatic heterocycles. The summed E-state index contributed by atoms with van der Waals surface area (Å²) in [5.74, 6) is 0.508. The predicted octanol–water partition coefficient (Wildman–Crippen LogP) is 4.62. The van der Waals surface area contributed by atoms with Gasteiger partial charge in [-0.1, -0.05) is 41.7 Å². The molecule has 0 fully saturated rings. The first kappa shape index (κ1) is 18.9. The highest BCUT2D eigenvalue weighted by molar-refractivity contribution is 6.40. The molecule has 9 heteroatoms. The van der Waals surface area contributed by atoms with Crippen LogP contribution in [0.2, 0.25) is 15.1 Å². The smallest absolute Gasteiger partial charge is 0.262 e. The summed E-state index contributed by atoms with van der Waals surface area (Å²) in [7, 11) is 0. The molecule has 3 aromatic heterocycles. The molecule has 1 N–H and O–H groups in total. The second-order valence-corrected chi connectivity index (χ2v) is 7.42. The Morgan fingerprint density at radius 1 is 1.11 bits per heavy atom. The third kappa shape index (κ3) is 3.39. The van der Waals surface area contributed by atoms with E-state index in [-0.39, 0.29) is 5.56 Å². The number of fused-ring (bicyclic) bond motifs is 1. The first-order chi connectivity index (χ1) is 13.5. The van der Waals surface area contributed by atoms with Crippen molar-refractivity contribution in [3.8, 4) is 5.69 Å². The van der Waals surface area contributed by atoms with Gasteiger partial charge in [0.15, 0.2) is 5.65 Å². The van der Waals surface area contributed by atoms with E-state index in [1.165, 1.54) is 4.68 Å². The van der Waals surface area contributed by atoms with E-state index in [9.17, 15) is 4.79 Å². The second kappa shape index (κ2) is 7.54. The number of aromatic amines is 1. The molecular formula is C19H14Cl3N5O. The fraction of sp³-hybridized carbons (Fsp3) is 0.158. The van der Waals surface area contributed by atoms with Gasteiger partial charge in [0.25, 0.3) is 5.56 Å². The van der Waals surface area contributed by atoms with Gasteiger partial charge in [-0.15, -0.1) is 0 Å². The number of nitrogens with zero attached hydrogens (tertiary/aromatic N) is 4. The minimum atomic E-state index is -0.252. The average Bonchev–Trinajstić information content (AvgIpc) is 3.01. The van der Waals surface area contributed by atoms with Crippen LogP contribution in [0.25, 0.3) is 16.7 Å². The maximum Gasteiger partial charge on any atom is 0.262 e. The SMILES string of the molecule is CCc1nn(-c2c(Cl)cc(Cl)cc2Cl)c2nc(Cc3ccncc3)[nH]c(=O)c12. The molecule has 0 radical (unpaired) electrons. The third-order valence-corrected chi connectivity index (χ3v) is 5.10. The van der Waals surface area contributed by atoms with Gasteiger partial charge < -0.3 is 4.98 Å². The first-order valence-electron chi connectivity index (χ1n) is 8.52. The number of halogens is 3. The van der Waals surface area contributed by atoms with Crippen LogP contribution in [0, 0.1) is 0 Å². The summed E-state index contributed by atoms with van der Waals surface area (Å²) in [6.45, 7) is 1.92. The number of pyridine rings is 1. The minimum Gasteiger partial charge on any atom is -0.310 e. The minimum absolute atomic E-state index is 0.252. The van der Waals surface area contributed by atoms with E-state index in [1.807, 2.05) is 19.1 Å². The van der Waals surface area contributed by atoms with Gasteiger partial charge >= 0.3 is 0 Å². The van der Waals surface area contributed by atoms with Crippen LogP contribution in [-0.2, 0) is 12.8 Å². The largest absolute Gasteiger partial charge is 0.310 e. The maximum absolute atomic E-state index is 12.8. The number of H-pyrrole nitrogens is 1. The summed E-state index contributed by atoms with van der Waals surface area (Å²) in [5.41, 5.74) is 2.17. The maximum atomic E-state index is 12.8. The van der Waals surface area contributed by atoms with E-state index in [0.29, 0.717) is 56.1 Å². The molecule has 0 spiro atoms. The number of aryl methyl sites for hydroxylation is 1. The molecule has 4 aromatic rings. The normalized spacial score (nSPS) is 11.3. The van der Waals surface area contributed by atoms with Crippen molar-refractivity contribution in [3.05, 3.63) is 79.2 Å². The molecule has 0 amide bonds. The molecule has 0 saturated heterocycles. The number of aromatic nitrogens is 5. The van der Waals surface area contributed by atoms with Crippen molar-refractivity contribution < 1.29 is 0 Å². The van der Waals surface area contributed by atoms with Crippen LogP contribution in [0.5, 0.6) is 0 Å². The Kier molecular flexibility index (Phi) is 5.10. The molecule has 4 rings (SSSR count). The topological polar surface area (TPSA) is 76.5 Å². The van der Waals surface area contributed by atoms with Gasteiger partial charge in [0.2, 0.25) is 0 Å². The van der Waals surface area contributed by atoms with Crippen molar-refractivity contribution in [2.45, 2.75) is 19.8 Å². The van der Waals surface area contributed by atoms with E-state index >= 15 is 0 Å². The fourth-order valence-corrected chi connectivity index (χ4v) is 4.03. The van der Waals surface area contributed by atoms with E-state index in [2.05, 4.69) is 20.1 Å². The van der Waals surface area contributed by atoms with Crippen LogP contribution in [0.4, 0.5) is 0 Å². The van der Waals surface area contributed by atoms with Crippen molar-refractivity contribution >= 4 is 45.8 Å². The lowest BCUT2D eigenvalue weighted by molar-refractivity contribution is 0.848. The van der Waals surface area contributed by atoms with E-state index in [4.69, 9.17) is 34.8 Å². The summed E-state index contributed by atoms with van der Waals surface area (Å²) in [6.07, 6.45) is 4.39. The van der Waals surface area contributed by atoms with Crippen LogP contribution >= 0.6 is 34.8 Å².